The van der Waals surface area contributed by atoms with Crippen molar-refractivity contribution in [3.63, 3.8) is 0 Å². The minimum atomic E-state index is 0.452. The van der Waals surface area contributed by atoms with Gasteiger partial charge in [0.15, 0.2) is 0 Å². The fraction of sp³-hybridized carbons (Fsp3) is 0.714. The molecule has 0 saturated carbocycles. The van der Waals surface area contributed by atoms with Gasteiger partial charge in [0.05, 0.1) is 6.61 Å². The molecule has 0 aliphatic rings. The molecule has 1 heterocycles. The normalized spacial score (nSPS) is 12.4. The van der Waals surface area contributed by atoms with Gasteiger partial charge in [0.25, 0.3) is 0 Å². The highest BCUT2D eigenvalue weighted by molar-refractivity contribution is 7.98. The van der Waals surface area contributed by atoms with E-state index in [0.717, 1.165) is 36.8 Å². The molecule has 1 unspecified atom stereocenters. The van der Waals surface area contributed by atoms with Crippen molar-refractivity contribution in [1.82, 2.24) is 15.3 Å². The maximum absolute atomic E-state index is 4.99. The molecule has 114 valence electrons. The Bertz CT molecular complexity index is 361. The van der Waals surface area contributed by atoms with E-state index in [1.807, 2.05) is 24.2 Å². The van der Waals surface area contributed by atoms with Crippen LogP contribution in [0.15, 0.2) is 12.4 Å². The summed E-state index contributed by atoms with van der Waals surface area (Å²) in [5, 5.41) is 3.28. The second kappa shape index (κ2) is 9.96. The Kier molecular flexibility index (Phi) is 8.57. The minimum Gasteiger partial charge on any atom is -0.383 e. The highest BCUT2D eigenvalue weighted by Crippen LogP contribution is 2.12. The quantitative estimate of drug-likeness (QED) is 0.665. The van der Waals surface area contributed by atoms with E-state index in [9.17, 15) is 0 Å². The third-order valence-corrected chi connectivity index (χ3v) is 3.86. The lowest BCUT2D eigenvalue weighted by atomic mass is 10.2. The summed E-state index contributed by atoms with van der Waals surface area (Å²) in [7, 11) is 3.75. The first-order chi connectivity index (χ1) is 9.69. The third-order valence-electron chi connectivity index (χ3n) is 3.22. The van der Waals surface area contributed by atoms with Crippen molar-refractivity contribution in [2.75, 3.05) is 44.2 Å². The van der Waals surface area contributed by atoms with Crippen molar-refractivity contribution in [1.29, 1.82) is 0 Å². The molecule has 0 fully saturated rings. The van der Waals surface area contributed by atoms with Crippen LogP contribution in [0, 0.1) is 0 Å². The summed E-state index contributed by atoms with van der Waals surface area (Å²) in [5.74, 6) is 1.95. The Labute approximate surface area is 126 Å². The van der Waals surface area contributed by atoms with Gasteiger partial charge in [-0.15, -0.1) is 0 Å². The monoisotopic (exact) mass is 298 g/mol. The van der Waals surface area contributed by atoms with Gasteiger partial charge >= 0.3 is 0 Å². The lowest BCUT2D eigenvalue weighted by Gasteiger charge is -2.24. The van der Waals surface area contributed by atoms with Crippen LogP contribution in [-0.2, 0) is 11.3 Å². The number of thioether (sulfide) groups is 1. The molecule has 0 amide bonds. The highest BCUT2D eigenvalue weighted by Gasteiger charge is 2.11. The number of nitrogens with zero attached hydrogens (tertiary/aromatic N) is 3. The molecule has 0 aliphatic carbocycles. The van der Waals surface area contributed by atoms with Gasteiger partial charge in [-0.25, -0.2) is 9.97 Å². The number of rotatable bonds is 10. The summed E-state index contributed by atoms with van der Waals surface area (Å²) in [6, 6.07) is 0.452. The number of hydrogen-bond acceptors (Lipinski definition) is 6. The van der Waals surface area contributed by atoms with Crippen LogP contribution < -0.4 is 10.2 Å². The summed E-state index contributed by atoms with van der Waals surface area (Å²) in [6.07, 6.45) is 7.05. The summed E-state index contributed by atoms with van der Waals surface area (Å²) in [4.78, 5) is 11.0. The van der Waals surface area contributed by atoms with Crippen molar-refractivity contribution >= 4 is 17.7 Å². The van der Waals surface area contributed by atoms with Gasteiger partial charge in [-0.05, 0) is 25.4 Å². The average molecular weight is 298 g/mol. The van der Waals surface area contributed by atoms with E-state index in [2.05, 4.69) is 40.4 Å². The lowest BCUT2D eigenvalue weighted by Crippen LogP contribution is -2.31. The van der Waals surface area contributed by atoms with Crippen molar-refractivity contribution in [2.24, 2.45) is 0 Å². The van der Waals surface area contributed by atoms with E-state index >= 15 is 0 Å². The van der Waals surface area contributed by atoms with Gasteiger partial charge in [0.1, 0.15) is 0 Å². The van der Waals surface area contributed by atoms with E-state index in [1.54, 1.807) is 7.11 Å². The predicted molar refractivity (Wildman–Crippen MR) is 86.5 cm³/mol. The molecular weight excluding hydrogens is 272 g/mol. The third kappa shape index (κ3) is 6.07. The van der Waals surface area contributed by atoms with Crippen LogP contribution in [-0.4, -0.2) is 55.3 Å². The van der Waals surface area contributed by atoms with Crippen LogP contribution in [0.1, 0.15) is 18.9 Å². The molecule has 6 heteroatoms. The zero-order valence-electron chi connectivity index (χ0n) is 12.9. The second-order valence-corrected chi connectivity index (χ2v) is 5.79. The largest absolute Gasteiger partial charge is 0.383 e. The number of nitrogens with one attached hydrogen (secondary N) is 1. The van der Waals surface area contributed by atoms with E-state index < -0.39 is 0 Å². The van der Waals surface area contributed by atoms with Crippen LogP contribution in [0.4, 0.5) is 5.95 Å². The SMILES string of the molecule is COCCNCc1cnc(N(C)C(C)CCSC)nc1. The second-order valence-electron chi connectivity index (χ2n) is 4.80. The van der Waals surface area contributed by atoms with Crippen LogP contribution in [0.3, 0.4) is 0 Å². The van der Waals surface area contributed by atoms with Gasteiger partial charge in [0, 0.05) is 51.2 Å². The fourth-order valence-electron chi connectivity index (χ4n) is 1.71. The molecule has 1 rings (SSSR count). The van der Waals surface area contributed by atoms with Crippen LogP contribution >= 0.6 is 11.8 Å². The zero-order chi connectivity index (χ0) is 14.8. The lowest BCUT2D eigenvalue weighted by molar-refractivity contribution is 0.199. The standard InChI is InChI=1S/C14H26N4OS/c1-12(5-8-20-4)18(2)14-16-10-13(11-17-14)9-15-6-7-19-3/h10-12,15H,5-9H2,1-4H3. The average Bonchev–Trinajstić information content (AvgIpc) is 2.49. The highest BCUT2D eigenvalue weighted by atomic mass is 32.2. The Balaban J connectivity index is 2.44. The van der Waals surface area contributed by atoms with E-state index in [-0.39, 0.29) is 0 Å². The summed E-state index contributed by atoms with van der Waals surface area (Å²) in [6.45, 7) is 4.54. The molecule has 20 heavy (non-hydrogen) atoms. The van der Waals surface area contributed by atoms with Crippen molar-refractivity contribution < 1.29 is 4.74 Å². The van der Waals surface area contributed by atoms with Gasteiger partial charge in [-0.1, -0.05) is 0 Å². The smallest absolute Gasteiger partial charge is 0.225 e. The summed E-state index contributed by atoms with van der Waals surface area (Å²) < 4.78 is 4.99. The molecule has 0 aromatic carbocycles. The zero-order valence-corrected chi connectivity index (χ0v) is 13.7. The Morgan fingerprint density at radius 3 is 2.70 bits per heavy atom. The fourth-order valence-corrected chi connectivity index (χ4v) is 2.28. The molecule has 0 bridgehead atoms. The molecule has 1 aromatic heterocycles. The Morgan fingerprint density at radius 1 is 1.40 bits per heavy atom. The number of hydrogen-bond donors (Lipinski definition) is 1. The van der Waals surface area contributed by atoms with E-state index in [4.69, 9.17) is 4.74 Å². The first-order valence-corrected chi connectivity index (χ1v) is 8.30. The van der Waals surface area contributed by atoms with Crippen molar-refractivity contribution in [3.05, 3.63) is 18.0 Å². The first kappa shape index (κ1) is 17.2. The Morgan fingerprint density at radius 2 is 2.10 bits per heavy atom. The Hall–Kier alpha value is -0.850. The number of ether oxygens (including phenoxy) is 1. The van der Waals surface area contributed by atoms with Crippen LogP contribution in [0.2, 0.25) is 0 Å². The van der Waals surface area contributed by atoms with Gasteiger partial charge in [-0.3, -0.25) is 0 Å². The van der Waals surface area contributed by atoms with E-state index in [1.165, 1.54) is 0 Å². The van der Waals surface area contributed by atoms with Crippen molar-refractivity contribution in [3.8, 4) is 0 Å². The molecule has 1 aromatic rings. The molecular formula is C14H26N4OS. The van der Waals surface area contributed by atoms with Gasteiger partial charge in [0.2, 0.25) is 5.95 Å². The molecule has 5 nitrogen and oxygen atoms in total. The molecule has 1 N–H and O–H groups in total. The molecule has 1 atom stereocenters. The van der Waals surface area contributed by atoms with Gasteiger partial charge in [-0.2, -0.15) is 11.8 Å². The first-order valence-electron chi connectivity index (χ1n) is 6.91. The molecule has 0 aliphatic heterocycles. The molecule has 0 saturated heterocycles. The van der Waals surface area contributed by atoms with Crippen LogP contribution in [0.25, 0.3) is 0 Å². The van der Waals surface area contributed by atoms with Gasteiger partial charge < -0.3 is 15.0 Å². The maximum Gasteiger partial charge on any atom is 0.225 e. The minimum absolute atomic E-state index is 0.452. The topological polar surface area (TPSA) is 50.3 Å². The predicted octanol–water partition coefficient (Wildman–Crippen LogP) is 1.79. The number of anilines is 1. The summed E-state index contributed by atoms with van der Waals surface area (Å²) in [5.41, 5.74) is 1.09. The molecule has 0 radical (unpaired) electrons. The number of aromatic nitrogens is 2. The number of methoxy groups -OCH3 is 1. The summed E-state index contributed by atoms with van der Waals surface area (Å²) >= 11 is 1.87. The van der Waals surface area contributed by atoms with Crippen molar-refractivity contribution in [2.45, 2.75) is 25.9 Å². The van der Waals surface area contributed by atoms with E-state index in [0.29, 0.717) is 12.6 Å². The maximum atomic E-state index is 4.99. The van der Waals surface area contributed by atoms with Crippen LogP contribution in [0.5, 0.6) is 0 Å². The molecule has 0 spiro atoms.